The number of hydrogen-bond donors (Lipinski definition) is 0. The van der Waals surface area contributed by atoms with E-state index in [0.29, 0.717) is 42.3 Å². The van der Waals surface area contributed by atoms with Gasteiger partial charge in [-0.1, -0.05) is 17.3 Å². The van der Waals surface area contributed by atoms with Crippen molar-refractivity contribution in [2.45, 2.75) is 26.1 Å². The number of pyridine rings is 1. The number of aromatic nitrogens is 3. The zero-order valence-corrected chi connectivity index (χ0v) is 20.3. The van der Waals surface area contributed by atoms with Gasteiger partial charge in [-0.2, -0.15) is 0 Å². The molecule has 5 heterocycles. The van der Waals surface area contributed by atoms with Crippen molar-refractivity contribution in [1.29, 1.82) is 0 Å². The normalized spacial score (nSPS) is 18.8. The van der Waals surface area contributed by atoms with Crippen LogP contribution >= 0.6 is 0 Å². The van der Waals surface area contributed by atoms with Gasteiger partial charge in [0.15, 0.2) is 5.66 Å². The molecule has 9 nitrogen and oxygen atoms in total. The Morgan fingerprint density at radius 3 is 2.64 bits per heavy atom. The molecule has 0 bridgehead atoms. The Bertz CT molecular complexity index is 1490. The number of fused-ring (bicyclic) bond motifs is 2. The lowest BCUT2D eigenvalue weighted by Crippen LogP contribution is -2.60. The Morgan fingerprint density at radius 2 is 1.94 bits per heavy atom. The van der Waals surface area contributed by atoms with Gasteiger partial charge in [0.25, 0.3) is 11.8 Å². The molecule has 0 aliphatic carbocycles. The van der Waals surface area contributed by atoms with Crippen LogP contribution in [-0.4, -0.2) is 56.5 Å². The maximum atomic E-state index is 13.9. The molecule has 2 aliphatic heterocycles. The van der Waals surface area contributed by atoms with E-state index >= 15 is 0 Å². The fraction of sp³-hybridized carbons (Fsp3) is 0.259. The smallest absolute Gasteiger partial charge is 0.272 e. The van der Waals surface area contributed by atoms with Crippen LogP contribution < -0.4 is 4.74 Å². The van der Waals surface area contributed by atoms with Crippen LogP contribution in [0, 0.1) is 13.8 Å². The lowest BCUT2D eigenvalue weighted by atomic mass is 9.93. The van der Waals surface area contributed by atoms with E-state index in [-0.39, 0.29) is 11.8 Å². The topological polar surface area (TPSA) is 93.7 Å². The third kappa shape index (κ3) is 3.08. The van der Waals surface area contributed by atoms with Crippen molar-refractivity contribution >= 4 is 11.8 Å². The van der Waals surface area contributed by atoms with Crippen molar-refractivity contribution in [3.63, 3.8) is 0 Å². The highest BCUT2D eigenvalue weighted by Gasteiger charge is 2.56. The maximum absolute atomic E-state index is 13.9. The van der Waals surface area contributed by atoms with E-state index in [1.54, 1.807) is 25.1 Å². The fourth-order valence-corrected chi connectivity index (χ4v) is 5.44. The van der Waals surface area contributed by atoms with Crippen molar-refractivity contribution in [3.8, 4) is 16.9 Å². The van der Waals surface area contributed by atoms with Gasteiger partial charge in [-0.3, -0.25) is 14.6 Å². The lowest BCUT2D eigenvalue weighted by Gasteiger charge is -2.47. The van der Waals surface area contributed by atoms with Crippen molar-refractivity contribution in [2.75, 3.05) is 20.2 Å². The second kappa shape index (κ2) is 8.08. The zero-order chi connectivity index (χ0) is 25.0. The van der Waals surface area contributed by atoms with Crippen LogP contribution in [0.25, 0.3) is 11.1 Å². The van der Waals surface area contributed by atoms with Crippen LogP contribution in [0.1, 0.15) is 37.7 Å². The average Bonchev–Trinajstić information content (AvgIpc) is 3.61. The van der Waals surface area contributed by atoms with Gasteiger partial charge in [0.1, 0.15) is 23.3 Å². The maximum Gasteiger partial charge on any atom is 0.272 e. The van der Waals surface area contributed by atoms with Gasteiger partial charge in [-0.25, -0.2) is 0 Å². The molecule has 1 aromatic carbocycles. The summed E-state index contributed by atoms with van der Waals surface area (Å²) in [5.41, 5.74) is 4.27. The molecule has 0 spiro atoms. The first kappa shape index (κ1) is 22.1. The molecule has 1 unspecified atom stereocenters. The van der Waals surface area contributed by atoms with E-state index in [0.717, 1.165) is 22.3 Å². The van der Waals surface area contributed by atoms with Gasteiger partial charge in [-0.05, 0) is 43.7 Å². The number of benzene rings is 1. The van der Waals surface area contributed by atoms with Gasteiger partial charge >= 0.3 is 0 Å². The minimum absolute atomic E-state index is 0.123. The molecular formula is C27H25N5O4. The van der Waals surface area contributed by atoms with Crippen LogP contribution in [-0.2, 0) is 12.2 Å². The summed E-state index contributed by atoms with van der Waals surface area (Å²) >= 11 is 0. The molecule has 0 N–H and O–H groups in total. The van der Waals surface area contributed by atoms with Gasteiger partial charge in [-0.15, -0.1) is 0 Å². The van der Waals surface area contributed by atoms with Crippen molar-refractivity contribution in [2.24, 2.45) is 0 Å². The molecular weight excluding hydrogens is 458 g/mol. The fourth-order valence-electron chi connectivity index (χ4n) is 5.44. The Labute approximate surface area is 207 Å². The SMILES string of the molecule is COc1ccc(C23Cn4cc(-c5cnccc5C)cc4C(=O)N2CCN3C(=O)c2conc2C)cc1. The van der Waals surface area contributed by atoms with Gasteiger partial charge in [0, 0.05) is 48.4 Å². The molecule has 3 aromatic heterocycles. The minimum Gasteiger partial charge on any atom is -0.497 e. The van der Waals surface area contributed by atoms with Gasteiger partial charge < -0.3 is 23.6 Å². The summed E-state index contributed by atoms with van der Waals surface area (Å²) in [5.74, 6) is 0.353. The number of amides is 2. The second-order valence-corrected chi connectivity index (χ2v) is 9.20. The second-order valence-electron chi connectivity index (χ2n) is 9.20. The molecule has 1 atom stereocenters. The third-order valence-electron chi connectivity index (χ3n) is 7.32. The molecule has 0 saturated carbocycles. The summed E-state index contributed by atoms with van der Waals surface area (Å²) in [7, 11) is 1.61. The predicted molar refractivity (Wildman–Crippen MR) is 130 cm³/mol. The van der Waals surface area contributed by atoms with Crippen molar-refractivity contribution in [3.05, 3.63) is 89.3 Å². The van der Waals surface area contributed by atoms with E-state index < -0.39 is 5.66 Å². The quantitative estimate of drug-likeness (QED) is 0.440. The summed E-state index contributed by atoms with van der Waals surface area (Å²) in [6, 6.07) is 11.4. The van der Waals surface area contributed by atoms with Crippen molar-refractivity contribution in [1.82, 2.24) is 24.5 Å². The molecule has 4 aromatic rings. The van der Waals surface area contributed by atoms with E-state index in [2.05, 4.69) is 10.1 Å². The molecule has 1 saturated heterocycles. The number of rotatable bonds is 4. The monoisotopic (exact) mass is 483 g/mol. The first-order valence-corrected chi connectivity index (χ1v) is 11.7. The number of methoxy groups -OCH3 is 1. The van der Waals surface area contributed by atoms with Crippen LogP contribution in [0.15, 0.2) is 65.8 Å². The van der Waals surface area contributed by atoms with E-state index in [4.69, 9.17) is 9.26 Å². The third-order valence-corrected chi connectivity index (χ3v) is 7.32. The zero-order valence-electron chi connectivity index (χ0n) is 20.3. The molecule has 2 aliphatic rings. The minimum atomic E-state index is -1.02. The average molecular weight is 484 g/mol. The van der Waals surface area contributed by atoms with Gasteiger partial charge in [0.2, 0.25) is 0 Å². The molecule has 6 rings (SSSR count). The molecule has 1 fully saturated rings. The summed E-state index contributed by atoms with van der Waals surface area (Å²) in [4.78, 5) is 35.6. The molecule has 9 heteroatoms. The Morgan fingerprint density at radius 1 is 1.14 bits per heavy atom. The van der Waals surface area contributed by atoms with Gasteiger partial charge in [0.05, 0.1) is 19.3 Å². The number of ether oxygens (including phenoxy) is 1. The van der Waals surface area contributed by atoms with Crippen molar-refractivity contribution < 1.29 is 18.8 Å². The number of nitrogens with zero attached hydrogens (tertiary/aromatic N) is 5. The predicted octanol–water partition coefficient (Wildman–Crippen LogP) is 3.63. The summed E-state index contributed by atoms with van der Waals surface area (Å²) in [6.07, 6.45) is 6.92. The number of hydrogen-bond acceptors (Lipinski definition) is 6. The van der Waals surface area contributed by atoms with E-state index in [1.807, 2.05) is 65.2 Å². The van der Waals surface area contributed by atoms with Crippen LogP contribution in [0.4, 0.5) is 0 Å². The molecule has 0 radical (unpaired) electrons. The highest BCUT2D eigenvalue weighted by atomic mass is 16.5. The van der Waals surface area contributed by atoms with Crippen LogP contribution in [0.5, 0.6) is 5.75 Å². The largest absolute Gasteiger partial charge is 0.497 e. The highest BCUT2D eigenvalue weighted by molar-refractivity contribution is 5.99. The summed E-state index contributed by atoms with van der Waals surface area (Å²) in [5, 5.41) is 3.90. The number of carbonyl (C=O) groups excluding carboxylic acids is 2. The highest BCUT2D eigenvalue weighted by Crippen LogP contribution is 2.45. The Kier molecular flexibility index (Phi) is 4.96. The Balaban J connectivity index is 1.51. The summed E-state index contributed by atoms with van der Waals surface area (Å²) in [6.45, 7) is 4.95. The molecule has 2 amide bonds. The summed E-state index contributed by atoms with van der Waals surface area (Å²) < 4.78 is 12.4. The van der Waals surface area contributed by atoms with E-state index in [1.165, 1.54) is 6.26 Å². The standard InChI is InChI=1S/C27H25N5O4/c1-17-8-9-28-13-22(17)19-12-24-26(34)32-11-10-31(25(33)23-15-36-29-18(23)2)27(32,16-30(24)14-19)20-4-6-21(35-3)7-5-20/h4-9,12-15H,10-11,16H2,1-3H3. The first-order chi connectivity index (χ1) is 17.4. The lowest BCUT2D eigenvalue weighted by molar-refractivity contribution is -0.00597. The molecule has 182 valence electrons. The first-order valence-electron chi connectivity index (χ1n) is 11.7. The van der Waals surface area contributed by atoms with Crippen LogP contribution in [0.2, 0.25) is 0 Å². The van der Waals surface area contributed by atoms with E-state index in [9.17, 15) is 9.59 Å². The molecule has 36 heavy (non-hydrogen) atoms. The van der Waals surface area contributed by atoms with Crippen LogP contribution in [0.3, 0.4) is 0 Å². The number of aryl methyl sites for hydroxylation is 2. The number of carbonyl (C=O) groups is 2. The Hall–Kier alpha value is -4.40.